The lowest BCUT2D eigenvalue weighted by Gasteiger charge is -2.12. The molecule has 4 rings (SSSR count). The molecule has 1 N–H and O–H groups in total. The first-order valence-corrected chi connectivity index (χ1v) is 11.8. The van der Waals surface area contributed by atoms with Crippen molar-refractivity contribution < 1.29 is 9.53 Å². The topological polar surface area (TPSA) is 94.8 Å². The molecule has 10 heteroatoms. The normalized spacial score (nSPS) is 10.8. The maximum Gasteiger partial charge on any atom is 0.236 e. The van der Waals surface area contributed by atoms with Gasteiger partial charge >= 0.3 is 0 Å². The first-order chi connectivity index (χ1) is 15.7. The first kappa shape index (κ1) is 22.0. The molecule has 2 aromatic carbocycles. The maximum atomic E-state index is 12.5. The highest BCUT2D eigenvalue weighted by Gasteiger charge is 2.19. The Bertz CT molecular complexity index is 1190. The smallest absolute Gasteiger partial charge is 0.236 e. The van der Waals surface area contributed by atoms with Gasteiger partial charge in [0.15, 0.2) is 11.0 Å². The molecule has 8 nitrogen and oxygen atoms in total. The van der Waals surface area contributed by atoms with E-state index in [0.717, 1.165) is 22.6 Å². The lowest BCUT2D eigenvalue weighted by Crippen LogP contribution is -2.14. The van der Waals surface area contributed by atoms with Crippen LogP contribution >= 0.6 is 23.1 Å². The van der Waals surface area contributed by atoms with Crippen molar-refractivity contribution in [1.82, 2.24) is 25.0 Å². The quantitative estimate of drug-likeness (QED) is 0.370. The molecular formula is C22H22N6O2S2. The molecule has 0 atom stereocenters. The number of aromatic nitrogens is 5. The Morgan fingerprint density at radius 1 is 1.06 bits per heavy atom. The molecule has 1 amide bonds. The van der Waals surface area contributed by atoms with Gasteiger partial charge in [0.05, 0.1) is 25.0 Å². The number of carbonyl (C=O) groups excluding carboxylic acids is 1. The highest BCUT2D eigenvalue weighted by Crippen LogP contribution is 2.31. The fourth-order valence-corrected chi connectivity index (χ4v) is 4.50. The van der Waals surface area contributed by atoms with Crippen LogP contribution in [0.3, 0.4) is 0 Å². The largest absolute Gasteiger partial charge is 0.496 e. The van der Waals surface area contributed by atoms with E-state index in [-0.39, 0.29) is 11.7 Å². The number of benzene rings is 2. The van der Waals surface area contributed by atoms with E-state index >= 15 is 0 Å². The van der Waals surface area contributed by atoms with Crippen LogP contribution in [0.15, 0.2) is 59.8 Å². The van der Waals surface area contributed by atoms with Crippen molar-refractivity contribution in [2.45, 2.75) is 25.0 Å². The molecule has 0 fully saturated rings. The Morgan fingerprint density at radius 2 is 1.84 bits per heavy atom. The number of anilines is 1. The van der Waals surface area contributed by atoms with Gasteiger partial charge in [0.25, 0.3) is 0 Å². The number of carbonyl (C=O) groups is 1. The van der Waals surface area contributed by atoms with Crippen LogP contribution in [0.1, 0.15) is 17.5 Å². The summed E-state index contributed by atoms with van der Waals surface area (Å²) in [6.07, 6.45) is 0.788. The van der Waals surface area contributed by atoms with Crippen molar-refractivity contribution in [3.05, 3.63) is 65.2 Å². The van der Waals surface area contributed by atoms with Crippen molar-refractivity contribution in [1.29, 1.82) is 0 Å². The molecule has 0 spiro atoms. The predicted octanol–water partition coefficient (Wildman–Crippen LogP) is 4.15. The molecule has 0 aliphatic rings. The van der Waals surface area contributed by atoms with Crippen LogP contribution < -0.4 is 10.1 Å². The summed E-state index contributed by atoms with van der Waals surface area (Å²) in [6.45, 7) is 2.57. The van der Waals surface area contributed by atoms with Crippen LogP contribution in [0.4, 0.5) is 5.13 Å². The van der Waals surface area contributed by atoms with Crippen LogP contribution in [-0.4, -0.2) is 43.7 Å². The number of hydrogen-bond acceptors (Lipinski definition) is 8. The van der Waals surface area contributed by atoms with Gasteiger partial charge in [-0.2, -0.15) is 0 Å². The third-order valence-corrected chi connectivity index (χ3v) is 6.55. The molecule has 0 saturated carbocycles. The fourth-order valence-electron chi connectivity index (χ4n) is 3.07. The average Bonchev–Trinajstić information content (AvgIpc) is 3.45. The van der Waals surface area contributed by atoms with E-state index in [9.17, 15) is 4.79 Å². The van der Waals surface area contributed by atoms with Gasteiger partial charge in [-0.3, -0.25) is 14.7 Å². The minimum Gasteiger partial charge on any atom is -0.496 e. The Hall–Kier alpha value is -3.24. The number of nitrogens with zero attached hydrogens (tertiary/aromatic N) is 5. The third kappa shape index (κ3) is 5.14. The summed E-state index contributed by atoms with van der Waals surface area (Å²) in [5, 5.41) is 21.7. The molecule has 0 unspecified atom stereocenters. The number of ether oxygens (including phenoxy) is 1. The average molecular weight is 467 g/mol. The monoisotopic (exact) mass is 466 g/mol. The van der Waals surface area contributed by atoms with Crippen molar-refractivity contribution in [2.24, 2.45) is 0 Å². The van der Waals surface area contributed by atoms with E-state index < -0.39 is 0 Å². The first-order valence-electron chi connectivity index (χ1n) is 10.0. The molecule has 4 aromatic rings. The standard InChI is InChI=1S/C22H22N6O2S2/c1-3-19-24-26-21(32-19)23-18(29)14-31-22-27-25-20(16-11-7-8-12-17(16)30-2)28(22)13-15-9-5-4-6-10-15/h4-12H,3,13-14H2,1-2H3,(H,23,26,29). The Morgan fingerprint density at radius 3 is 2.59 bits per heavy atom. The van der Waals surface area contributed by atoms with Crippen LogP contribution in [-0.2, 0) is 17.8 Å². The summed E-state index contributed by atoms with van der Waals surface area (Å²) in [6, 6.07) is 17.8. The zero-order chi connectivity index (χ0) is 22.3. The van der Waals surface area contributed by atoms with Gasteiger partial charge in [-0.05, 0) is 24.1 Å². The van der Waals surface area contributed by atoms with E-state index in [0.29, 0.717) is 28.4 Å². The fraction of sp³-hybridized carbons (Fsp3) is 0.227. The number of hydrogen-bond donors (Lipinski definition) is 1. The zero-order valence-corrected chi connectivity index (χ0v) is 19.3. The second-order valence-electron chi connectivity index (χ2n) is 6.77. The van der Waals surface area contributed by atoms with E-state index in [1.54, 1.807) is 7.11 Å². The Kier molecular flexibility index (Phi) is 7.13. The van der Waals surface area contributed by atoms with Crippen LogP contribution in [0.25, 0.3) is 11.4 Å². The summed E-state index contributed by atoms with van der Waals surface area (Å²) in [7, 11) is 1.63. The number of aryl methyl sites for hydroxylation is 1. The summed E-state index contributed by atoms with van der Waals surface area (Å²) in [4.78, 5) is 12.5. The molecule has 2 aromatic heterocycles. The van der Waals surface area contributed by atoms with Gasteiger partial charge in [0.2, 0.25) is 11.0 Å². The zero-order valence-electron chi connectivity index (χ0n) is 17.7. The van der Waals surface area contributed by atoms with Crippen molar-refractivity contribution in [3.8, 4) is 17.1 Å². The number of nitrogens with one attached hydrogen (secondary N) is 1. The van der Waals surface area contributed by atoms with Crippen molar-refractivity contribution in [3.63, 3.8) is 0 Å². The van der Waals surface area contributed by atoms with Gasteiger partial charge in [-0.15, -0.1) is 20.4 Å². The minimum atomic E-state index is -0.165. The van der Waals surface area contributed by atoms with E-state index in [1.807, 2.05) is 66.1 Å². The molecule has 0 saturated heterocycles. The number of thioether (sulfide) groups is 1. The van der Waals surface area contributed by atoms with Gasteiger partial charge in [-0.25, -0.2) is 0 Å². The van der Waals surface area contributed by atoms with Gasteiger partial charge in [0.1, 0.15) is 10.8 Å². The van der Waals surface area contributed by atoms with Crippen molar-refractivity contribution >= 4 is 34.1 Å². The highest BCUT2D eigenvalue weighted by molar-refractivity contribution is 7.99. The van der Waals surface area contributed by atoms with Gasteiger partial charge < -0.3 is 4.74 Å². The number of amides is 1. The van der Waals surface area contributed by atoms with Crippen molar-refractivity contribution in [2.75, 3.05) is 18.2 Å². The Balaban J connectivity index is 1.57. The van der Waals surface area contributed by atoms with Crippen LogP contribution in [0, 0.1) is 0 Å². The SMILES string of the molecule is CCc1nnc(NC(=O)CSc2nnc(-c3ccccc3OC)n2Cc2ccccc2)s1. The number of rotatable bonds is 9. The molecule has 32 heavy (non-hydrogen) atoms. The molecule has 0 aliphatic heterocycles. The predicted molar refractivity (Wildman–Crippen MR) is 126 cm³/mol. The van der Waals surface area contributed by atoms with E-state index in [1.165, 1.54) is 23.1 Å². The molecule has 164 valence electrons. The summed E-state index contributed by atoms with van der Waals surface area (Å²) in [5.41, 5.74) is 1.95. The summed E-state index contributed by atoms with van der Waals surface area (Å²) < 4.78 is 7.53. The van der Waals surface area contributed by atoms with Gasteiger partial charge in [0, 0.05) is 0 Å². The van der Waals surface area contributed by atoms with E-state index in [2.05, 4.69) is 25.7 Å². The van der Waals surface area contributed by atoms with Crippen LogP contribution in [0.5, 0.6) is 5.75 Å². The van der Waals surface area contributed by atoms with E-state index in [4.69, 9.17) is 4.74 Å². The third-order valence-electron chi connectivity index (χ3n) is 4.60. The molecule has 2 heterocycles. The minimum absolute atomic E-state index is 0.165. The van der Waals surface area contributed by atoms with Crippen LogP contribution in [0.2, 0.25) is 0 Å². The second-order valence-corrected chi connectivity index (χ2v) is 8.77. The lowest BCUT2D eigenvalue weighted by atomic mass is 10.1. The number of para-hydroxylation sites is 1. The molecular weight excluding hydrogens is 444 g/mol. The highest BCUT2D eigenvalue weighted by atomic mass is 32.2. The summed E-state index contributed by atoms with van der Waals surface area (Å²) >= 11 is 2.71. The second kappa shape index (κ2) is 10.4. The molecule has 0 aliphatic carbocycles. The molecule has 0 radical (unpaired) electrons. The lowest BCUT2D eigenvalue weighted by molar-refractivity contribution is -0.113. The number of methoxy groups -OCH3 is 1. The Labute approximate surface area is 194 Å². The molecule has 0 bridgehead atoms. The summed E-state index contributed by atoms with van der Waals surface area (Å²) in [5.74, 6) is 1.42. The van der Waals surface area contributed by atoms with Gasteiger partial charge in [-0.1, -0.05) is 72.5 Å². The maximum absolute atomic E-state index is 12.5.